The van der Waals surface area contributed by atoms with Crippen molar-refractivity contribution >= 4 is 17.8 Å². The summed E-state index contributed by atoms with van der Waals surface area (Å²) in [6.45, 7) is 6.98. The molecule has 25 heavy (non-hydrogen) atoms. The monoisotopic (exact) mass is 346 g/mol. The van der Waals surface area contributed by atoms with Gasteiger partial charge in [-0.3, -0.25) is 14.4 Å². The molecular formula is C19H26N2O4. The van der Waals surface area contributed by atoms with Gasteiger partial charge in [0.1, 0.15) is 6.54 Å². The lowest BCUT2D eigenvalue weighted by molar-refractivity contribution is -0.152. The molecule has 1 aliphatic rings. The third kappa shape index (κ3) is 5.89. The van der Waals surface area contributed by atoms with Gasteiger partial charge >= 0.3 is 5.97 Å². The molecule has 1 saturated heterocycles. The first-order valence-corrected chi connectivity index (χ1v) is 8.63. The van der Waals surface area contributed by atoms with Gasteiger partial charge in [0.2, 0.25) is 0 Å². The molecule has 0 aromatic heterocycles. The first-order chi connectivity index (χ1) is 11.8. The van der Waals surface area contributed by atoms with Gasteiger partial charge < -0.3 is 15.0 Å². The predicted octanol–water partition coefficient (Wildman–Crippen LogP) is 1.77. The number of aryl methyl sites for hydroxylation is 1. The van der Waals surface area contributed by atoms with Crippen LogP contribution in [0.2, 0.25) is 0 Å². The predicted molar refractivity (Wildman–Crippen MR) is 94.0 cm³/mol. The van der Waals surface area contributed by atoms with Crippen LogP contribution in [0.4, 0.5) is 0 Å². The van der Waals surface area contributed by atoms with Gasteiger partial charge in [-0.25, -0.2) is 0 Å². The molecule has 0 saturated carbocycles. The number of ether oxygens (including phenoxy) is 1. The number of rotatable bonds is 5. The normalized spacial score (nSPS) is 20.0. The number of likely N-dealkylation sites (tertiary alicyclic amines) is 1. The van der Waals surface area contributed by atoms with Crippen LogP contribution in [0.15, 0.2) is 24.3 Å². The van der Waals surface area contributed by atoms with E-state index in [1.54, 1.807) is 23.1 Å². The molecule has 1 fully saturated rings. The first-order valence-electron chi connectivity index (χ1n) is 8.63. The van der Waals surface area contributed by atoms with E-state index in [2.05, 4.69) is 19.2 Å². The highest BCUT2D eigenvalue weighted by Gasteiger charge is 2.25. The van der Waals surface area contributed by atoms with Crippen LogP contribution in [0.3, 0.4) is 0 Å². The van der Waals surface area contributed by atoms with Gasteiger partial charge in [-0.05, 0) is 37.3 Å². The number of hydrogen-bond acceptors (Lipinski definition) is 4. The Morgan fingerprint density at radius 2 is 1.88 bits per heavy atom. The van der Waals surface area contributed by atoms with Gasteiger partial charge in [-0.1, -0.05) is 31.5 Å². The average Bonchev–Trinajstić information content (AvgIpc) is 2.56. The van der Waals surface area contributed by atoms with Gasteiger partial charge in [-0.2, -0.15) is 0 Å². The summed E-state index contributed by atoms with van der Waals surface area (Å²) in [7, 11) is 0. The maximum atomic E-state index is 12.2. The number of carbonyl (C=O) groups is 3. The largest absolute Gasteiger partial charge is 0.454 e. The van der Waals surface area contributed by atoms with Gasteiger partial charge in [-0.15, -0.1) is 0 Å². The highest BCUT2D eigenvalue weighted by molar-refractivity contribution is 5.96. The number of benzene rings is 1. The van der Waals surface area contributed by atoms with Crippen molar-refractivity contribution in [1.82, 2.24) is 10.2 Å². The third-order valence-corrected chi connectivity index (χ3v) is 4.25. The average molecular weight is 346 g/mol. The van der Waals surface area contributed by atoms with Crippen molar-refractivity contribution in [3.05, 3.63) is 35.4 Å². The number of carbonyl (C=O) groups excluding carboxylic acids is 3. The number of hydrogen-bond donors (Lipinski definition) is 1. The van der Waals surface area contributed by atoms with Crippen LogP contribution >= 0.6 is 0 Å². The van der Waals surface area contributed by atoms with Crippen LogP contribution in [0.5, 0.6) is 0 Å². The molecule has 6 heteroatoms. The third-order valence-electron chi connectivity index (χ3n) is 4.25. The second kappa shape index (κ2) is 8.65. The molecule has 6 nitrogen and oxygen atoms in total. The molecular weight excluding hydrogens is 320 g/mol. The Morgan fingerprint density at radius 1 is 1.20 bits per heavy atom. The summed E-state index contributed by atoms with van der Waals surface area (Å²) in [5.74, 6) is -0.232. The quantitative estimate of drug-likeness (QED) is 0.825. The number of nitrogens with zero attached hydrogens (tertiary/aromatic N) is 1. The molecule has 0 radical (unpaired) electrons. The fourth-order valence-corrected chi connectivity index (χ4v) is 3.19. The van der Waals surface area contributed by atoms with Crippen molar-refractivity contribution in [3.63, 3.8) is 0 Å². The van der Waals surface area contributed by atoms with Crippen molar-refractivity contribution in [1.29, 1.82) is 0 Å². The zero-order chi connectivity index (χ0) is 18.4. The van der Waals surface area contributed by atoms with E-state index in [9.17, 15) is 14.4 Å². The minimum Gasteiger partial charge on any atom is -0.454 e. The fraction of sp³-hybridized carbons (Fsp3) is 0.526. The Balaban J connectivity index is 1.73. The SMILES string of the molecule is Cc1cccc(C(=O)NCC(=O)OCC(=O)N2C[C@@H](C)C[C@H](C)C2)c1. The Bertz CT molecular complexity index is 634. The van der Waals surface area contributed by atoms with Crippen molar-refractivity contribution in [2.24, 2.45) is 11.8 Å². The Morgan fingerprint density at radius 3 is 2.52 bits per heavy atom. The van der Waals surface area contributed by atoms with Crippen LogP contribution in [0.1, 0.15) is 36.2 Å². The van der Waals surface area contributed by atoms with E-state index in [1.807, 2.05) is 13.0 Å². The highest BCUT2D eigenvalue weighted by atomic mass is 16.5. The standard InChI is InChI=1S/C19H26N2O4/c1-13-5-4-6-16(8-13)19(24)20-9-18(23)25-12-17(22)21-10-14(2)7-15(3)11-21/h4-6,8,14-15H,7,9-12H2,1-3H3,(H,20,24)/t14-,15-/m0/s1. The second-order valence-electron chi connectivity index (χ2n) is 6.96. The number of amides is 2. The van der Waals surface area contributed by atoms with Crippen LogP contribution in [0, 0.1) is 18.8 Å². The molecule has 2 rings (SSSR count). The van der Waals surface area contributed by atoms with E-state index in [-0.39, 0.29) is 25.0 Å². The molecule has 1 N–H and O–H groups in total. The number of nitrogens with one attached hydrogen (secondary N) is 1. The summed E-state index contributed by atoms with van der Waals surface area (Å²) in [5.41, 5.74) is 1.45. The van der Waals surface area contributed by atoms with Crippen molar-refractivity contribution < 1.29 is 19.1 Å². The van der Waals surface area contributed by atoms with Gasteiger partial charge in [0.25, 0.3) is 11.8 Å². The number of esters is 1. The van der Waals surface area contributed by atoms with Crippen LogP contribution in [-0.4, -0.2) is 48.9 Å². The molecule has 0 aliphatic carbocycles. The summed E-state index contributed by atoms with van der Waals surface area (Å²) in [5, 5.41) is 2.50. The Labute approximate surface area is 148 Å². The first kappa shape index (κ1) is 19.0. The summed E-state index contributed by atoms with van der Waals surface area (Å²) >= 11 is 0. The molecule has 1 aliphatic heterocycles. The lowest BCUT2D eigenvalue weighted by atomic mass is 9.92. The summed E-state index contributed by atoms with van der Waals surface area (Å²) in [6, 6.07) is 7.08. The highest BCUT2D eigenvalue weighted by Crippen LogP contribution is 2.20. The second-order valence-corrected chi connectivity index (χ2v) is 6.96. The summed E-state index contributed by atoms with van der Waals surface area (Å²) < 4.78 is 4.99. The number of piperidine rings is 1. The van der Waals surface area contributed by atoms with Crippen LogP contribution in [-0.2, 0) is 14.3 Å². The van der Waals surface area contributed by atoms with E-state index in [0.29, 0.717) is 30.5 Å². The zero-order valence-electron chi connectivity index (χ0n) is 15.1. The minimum atomic E-state index is -0.618. The van der Waals surface area contributed by atoms with E-state index >= 15 is 0 Å². The van der Waals surface area contributed by atoms with E-state index in [0.717, 1.165) is 12.0 Å². The molecule has 2 amide bonds. The molecule has 0 bridgehead atoms. The smallest absolute Gasteiger partial charge is 0.325 e. The Kier molecular flexibility index (Phi) is 6.56. The van der Waals surface area contributed by atoms with E-state index in [4.69, 9.17) is 4.74 Å². The lowest BCUT2D eigenvalue weighted by Gasteiger charge is -2.34. The van der Waals surface area contributed by atoms with Gasteiger partial charge in [0, 0.05) is 18.7 Å². The summed E-state index contributed by atoms with van der Waals surface area (Å²) in [6.07, 6.45) is 1.11. The van der Waals surface area contributed by atoms with Crippen molar-refractivity contribution in [2.75, 3.05) is 26.2 Å². The lowest BCUT2D eigenvalue weighted by Crippen LogP contribution is -2.44. The van der Waals surface area contributed by atoms with E-state index < -0.39 is 5.97 Å². The van der Waals surface area contributed by atoms with Crippen molar-refractivity contribution in [2.45, 2.75) is 27.2 Å². The topological polar surface area (TPSA) is 75.7 Å². The van der Waals surface area contributed by atoms with Crippen molar-refractivity contribution in [3.8, 4) is 0 Å². The molecule has 0 unspecified atom stereocenters. The molecule has 1 aromatic carbocycles. The molecule has 2 atom stereocenters. The van der Waals surface area contributed by atoms with Gasteiger partial charge in [0.15, 0.2) is 6.61 Å². The fourth-order valence-electron chi connectivity index (χ4n) is 3.19. The molecule has 1 heterocycles. The van der Waals surface area contributed by atoms with Crippen LogP contribution in [0.25, 0.3) is 0 Å². The molecule has 0 spiro atoms. The molecule has 136 valence electrons. The molecule has 1 aromatic rings. The maximum absolute atomic E-state index is 12.2. The van der Waals surface area contributed by atoms with Crippen LogP contribution < -0.4 is 5.32 Å². The maximum Gasteiger partial charge on any atom is 0.325 e. The van der Waals surface area contributed by atoms with E-state index in [1.165, 1.54) is 0 Å². The van der Waals surface area contributed by atoms with Gasteiger partial charge in [0.05, 0.1) is 0 Å². The summed E-state index contributed by atoms with van der Waals surface area (Å²) in [4.78, 5) is 37.6. The zero-order valence-corrected chi connectivity index (χ0v) is 15.1. The minimum absolute atomic E-state index is 0.184. The Hall–Kier alpha value is -2.37.